The van der Waals surface area contributed by atoms with Crippen molar-refractivity contribution in [3.05, 3.63) is 11.7 Å². The van der Waals surface area contributed by atoms with E-state index in [2.05, 4.69) is 10.4 Å². The lowest BCUT2D eigenvalue weighted by Crippen LogP contribution is -2.07. The number of aromatic nitrogens is 1. The lowest BCUT2D eigenvalue weighted by Gasteiger charge is -1.89. The molecule has 1 aromatic rings. The minimum atomic E-state index is 0.604. The quantitative estimate of drug-likeness (QED) is 0.427. The van der Waals surface area contributed by atoms with Crippen molar-refractivity contribution in [3.63, 3.8) is 0 Å². The molecule has 4 nitrogen and oxygen atoms in total. The van der Waals surface area contributed by atoms with Gasteiger partial charge in [0.1, 0.15) is 5.76 Å². The lowest BCUT2D eigenvalue weighted by molar-refractivity contribution is 0.495. The molecule has 0 amide bonds. The minimum Gasteiger partial charge on any atom is -0.444 e. The van der Waals surface area contributed by atoms with Crippen LogP contribution in [0.2, 0.25) is 0 Å². The number of hydrazine groups is 1. The van der Waals surface area contributed by atoms with Gasteiger partial charge in [-0.3, -0.25) is 0 Å². The summed E-state index contributed by atoms with van der Waals surface area (Å²) in [6, 6.07) is 0. The molecule has 50 valence electrons. The van der Waals surface area contributed by atoms with Crippen LogP contribution in [0.3, 0.4) is 0 Å². The number of rotatable bonds is 1. The fraction of sp³-hybridized carbons (Fsp3) is 0.400. The summed E-state index contributed by atoms with van der Waals surface area (Å²) in [5.74, 6) is 7.04. The van der Waals surface area contributed by atoms with Crippen molar-refractivity contribution in [3.8, 4) is 0 Å². The van der Waals surface area contributed by atoms with Crippen molar-refractivity contribution >= 4 is 5.82 Å². The van der Waals surface area contributed by atoms with Crippen LogP contribution in [0.25, 0.3) is 0 Å². The second-order valence-corrected chi connectivity index (χ2v) is 1.78. The van der Waals surface area contributed by atoms with E-state index in [4.69, 9.17) is 10.3 Å². The van der Waals surface area contributed by atoms with Gasteiger partial charge in [0.05, 0.1) is 0 Å². The van der Waals surface area contributed by atoms with E-state index in [9.17, 15) is 0 Å². The van der Waals surface area contributed by atoms with Gasteiger partial charge in [0.25, 0.3) is 0 Å². The molecule has 0 unspecified atom stereocenters. The second kappa shape index (κ2) is 2.06. The van der Waals surface area contributed by atoms with Crippen LogP contribution < -0.4 is 11.3 Å². The molecular weight excluding hydrogens is 118 g/mol. The first-order chi connectivity index (χ1) is 4.24. The molecule has 0 spiro atoms. The van der Waals surface area contributed by atoms with Gasteiger partial charge in [-0.05, 0) is 6.92 Å². The molecule has 0 aromatic carbocycles. The van der Waals surface area contributed by atoms with E-state index in [1.807, 2.05) is 0 Å². The maximum absolute atomic E-state index is 5.09. The van der Waals surface area contributed by atoms with E-state index in [-0.39, 0.29) is 0 Å². The first kappa shape index (κ1) is 6.10. The van der Waals surface area contributed by atoms with Crippen molar-refractivity contribution in [2.45, 2.75) is 13.8 Å². The molecule has 0 saturated heterocycles. The third kappa shape index (κ3) is 1.02. The molecule has 0 saturated carbocycles. The Morgan fingerprint density at radius 3 is 2.44 bits per heavy atom. The summed E-state index contributed by atoms with van der Waals surface area (Å²) in [7, 11) is 0. The van der Waals surface area contributed by atoms with Gasteiger partial charge in [0, 0.05) is 6.92 Å². The number of nitrogens with zero attached hydrogens (tertiary/aromatic N) is 1. The van der Waals surface area contributed by atoms with Crippen LogP contribution in [0.5, 0.6) is 0 Å². The number of aryl methyl sites for hydroxylation is 2. The third-order valence-electron chi connectivity index (χ3n) is 1.04. The Balaban J connectivity index is 3.01. The summed E-state index contributed by atoms with van der Waals surface area (Å²) in [5.41, 5.74) is 2.41. The fourth-order valence-corrected chi connectivity index (χ4v) is 0.663. The molecular formula is C5H9N3O. The molecule has 1 heterocycles. The van der Waals surface area contributed by atoms with Crippen LogP contribution in [-0.4, -0.2) is 4.98 Å². The molecule has 0 bridgehead atoms. The Bertz CT molecular complexity index is 206. The standard InChI is InChI=1S/C5H9N3O/c1-3-5(8-6)7-4(2)9-3/h8H,6H2,1-2H3. The van der Waals surface area contributed by atoms with Gasteiger partial charge in [-0.1, -0.05) is 0 Å². The Hall–Kier alpha value is -1.03. The molecule has 4 heteroatoms. The van der Waals surface area contributed by atoms with E-state index < -0.39 is 0 Å². The SMILES string of the molecule is Cc1nc(NN)c(C)o1. The predicted octanol–water partition coefficient (Wildman–Crippen LogP) is 0.577. The molecule has 9 heavy (non-hydrogen) atoms. The average molecular weight is 127 g/mol. The Morgan fingerprint density at radius 2 is 2.22 bits per heavy atom. The number of anilines is 1. The Kier molecular flexibility index (Phi) is 1.40. The highest BCUT2D eigenvalue weighted by Crippen LogP contribution is 2.11. The molecule has 0 aliphatic carbocycles. The maximum Gasteiger partial charge on any atom is 0.193 e. The predicted molar refractivity (Wildman–Crippen MR) is 33.8 cm³/mol. The number of nitrogens with two attached hydrogens (primary N) is 1. The number of hydrogen-bond donors (Lipinski definition) is 2. The second-order valence-electron chi connectivity index (χ2n) is 1.78. The van der Waals surface area contributed by atoms with E-state index in [1.165, 1.54) is 0 Å². The van der Waals surface area contributed by atoms with Gasteiger partial charge in [-0.25, -0.2) is 5.84 Å². The van der Waals surface area contributed by atoms with E-state index in [1.54, 1.807) is 13.8 Å². The number of nitrogen functional groups attached to an aromatic ring is 1. The molecule has 0 aliphatic rings. The highest BCUT2D eigenvalue weighted by atomic mass is 16.4. The molecule has 3 N–H and O–H groups in total. The molecule has 0 fully saturated rings. The fourth-order valence-electron chi connectivity index (χ4n) is 0.663. The smallest absolute Gasteiger partial charge is 0.193 e. The van der Waals surface area contributed by atoms with E-state index in [0.717, 1.165) is 5.76 Å². The van der Waals surface area contributed by atoms with Gasteiger partial charge in [-0.2, -0.15) is 4.98 Å². The summed E-state index contributed by atoms with van der Waals surface area (Å²) in [6.07, 6.45) is 0. The zero-order chi connectivity index (χ0) is 6.85. The highest BCUT2D eigenvalue weighted by Gasteiger charge is 2.01. The number of hydrogen-bond acceptors (Lipinski definition) is 4. The van der Waals surface area contributed by atoms with E-state index >= 15 is 0 Å². The first-order valence-electron chi connectivity index (χ1n) is 2.64. The molecule has 0 aliphatic heterocycles. The third-order valence-corrected chi connectivity index (χ3v) is 1.04. The van der Waals surface area contributed by atoms with Crippen LogP contribution in [-0.2, 0) is 0 Å². The maximum atomic E-state index is 5.09. The van der Waals surface area contributed by atoms with Crippen LogP contribution in [0.15, 0.2) is 4.42 Å². The monoisotopic (exact) mass is 127 g/mol. The van der Waals surface area contributed by atoms with Crippen molar-refractivity contribution in [1.82, 2.24) is 4.98 Å². The highest BCUT2D eigenvalue weighted by molar-refractivity contribution is 5.36. The Labute approximate surface area is 53.0 Å². The minimum absolute atomic E-state index is 0.604. The Morgan fingerprint density at radius 1 is 1.56 bits per heavy atom. The molecule has 1 aromatic heterocycles. The lowest BCUT2D eigenvalue weighted by atomic mass is 10.5. The summed E-state index contributed by atoms with van der Waals surface area (Å²) in [5, 5.41) is 0. The van der Waals surface area contributed by atoms with Gasteiger partial charge in [-0.15, -0.1) is 0 Å². The van der Waals surface area contributed by atoms with Crippen molar-refractivity contribution in [2.75, 3.05) is 5.43 Å². The molecule has 1 rings (SSSR count). The van der Waals surface area contributed by atoms with Crippen LogP contribution in [0.4, 0.5) is 5.82 Å². The van der Waals surface area contributed by atoms with Crippen molar-refractivity contribution in [2.24, 2.45) is 5.84 Å². The number of nitrogens with one attached hydrogen (secondary N) is 1. The van der Waals surface area contributed by atoms with Crippen LogP contribution in [0, 0.1) is 13.8 Å². The summed E-state index contributed by atoms with van der Waals surface area (Å²) in [4.78, 5) is 3.93. The normalized spacial score (nSPS) is 9.67. The van der Waals surface area contributed by atoms with Gasteiger partial charge in [0.15, 0.2) is 11.7 Å². The number of oxazole rings is 1. The average Bonchev–Trinajstić information content (AvgIpc) is 2.10. The largest absolute Gasteiger partial charge is 0.444 e. The first-order valence-corrected chi connectivity index (χ1v) is 2.64. The molecule has 0 radical (unpaired) electrons. The van der Waals surface area contributed by atoms with E-state index in [0.29, 0.717) is 11.7 Å². The van der Waals surface area contributed by atoms with Gasteiger partial charge in [0.2, 0.25) is 0 Å². The van der Waals surface area contributed by atoms with Crippen LogP contribution >= 0.6 is 0 Å². The molecule has 0 atom stereocenters. The van der Waals surface area contributed by atoms with Gasteiger partial charge >= 0.3 is 0 Å². The topological polar surface area (TPSA) is 64.1 Å². The zero-order valence-electron chi connectivity index (χ0n) is 5.43. The zero-order valence-corrected chi connectivity index (χ0v) is 5.43. The van der Waals surface area contributed by atoms with Gasteiger partial charge < -0.3 is 9.84 Å². The summed E-state index contributed by atoms with van der Waals surface area (Å²) >= 11 is 0. The van der Waals surface area contributed by atoms with Crippen molar-refractivity contribution < 1.29 is 4.42 Å². The summed E-state index contributed by atoms with van der Waals surface area (Å²) < 4.78 is 5.05. The van der Waals surface area contributed by atoms with Crippen molar-refractivity contribution in [1.29, 1.82) is 0 Å². The van der Waals surface area contributed by atoms with Crippen LogP contribution in [0.1, 0.15) is 11.7 Å². The summed E-state index contributed by atoms with van der Waals surface area (Å²) in [6.45, 7) is 3.57.